The molecule has 18 heteroatoms. The van der Waals surface area contributed by atoms with Crippen LogP contribution in [0.3, 0.4) is 0 Å². The maximum Gasteiger partial charge on any atom is 0.573 e. The van der Waals surface area contributed by atoms with Gasteiger partial charge in [-0.3, -0.25) is 4.79 Å². The van der Waals surface area contributed by atoms with Gasteiger partial charge in [-0.15, -0.1) is 36.5 Å². The Kier molecular flexibility index (Phi) is 5.37. The summed E-state index contributed by atoms with van der Waals surface area (Å²) in [6.07, 6.45) is -5.90. The summed E-state index contributed by atoms with van der Waals surface area (Å²) in [6, 6.07) is 3.78. The molecule has 0 saturated carbocycles. The third-order valence-corrected chi connectivity index (χ3v) is 5.85. The van der Waals surface area contributed by atoms with Gasteiger partial charge in [0, 0.05) is 31.1 Å². The summed E-state index contributed by atoms with van der Waals surface area (Å²) in [5.74, 6) is -2.26. The Balaban J connectivity index is 1.36. The fraction of sp³-hybridized carbons (Fsp3) is 0.238. The molecule has 1 atom stereocenters. The zero-order valence-electron chi connectivity index (χ0n) is 19.1. The van der Waals surface area contributed by atoms with Crippen molar-refractivity contribution in [2.75, 3.05) is 6.54 Å². The van der Waals surface area contributed by atoms with Crippen LogP contribution >= 0.6 is 0 Å². The molecule has 39 heavy (non-hydrogen) atoms. The summed E-state index contributed by atoms with van der Waals surface area (Å²) in [4.78, 5) is 22.0. The van der Waals surface area contributed by atoms with E-state index in [1.807, 2.05) is 0 Å². The topological polar surface area (TPSA) is 132 Å². The Bertz CT molecular complexity index is 1680. The molecule has 1 N–H and O–H groups in total. The number of amides is 1. The number of aromatic nitrogens is 8. The van der Waals surface area contributed by atoms with Crippen LogP contribution < -0.4 is 4.74 Å². The van der Waals surface area contributed by atoms with Gasteiger partial charge in [0.05, 0.1) is 17.7 Å². The number of H-pyrrole nitrogens is 1. The maximum atomic E-state index is 13.5. The molecule has 0 aliphatic carbocycles. The molecular weight excluding hydrogens is 540 g/mol. The van der Waals surface area contributed by atoms with Crippen molar-refractivity contribution in [2.45, 2.75) is 25.1 Å². The number of pyridine rings is 1. The summed E-state index contributed by atoms with van der Waals surface area (Å²) in [6.45, 7) is 0.0961. The van der Waals surface area contributed by atoms with Crippen molar-refractivity contribution in [2.24, 2.45) is 0 Å². The Labute approximate surface area is 211 Å². The summed E-state index contributed by atoms with van der Waals surface area (Å²) < 4.78 is 87.7. The number of halogens is 6. The lowest BCUT2D eigenvalue weighted by Gasteiger charge is -2.32. The average molecular weight is 553 g/mol. The monoisotopic (exact) mass is 553 g/mol. The van der Waals surface area contributed by atoms with Crippen LogP contribution in [0.15, 0.2) is 47.4 Å². The van der Waals surface area contributed by atoms with E-state index in [4.69, 9.17) is 4.42 Å². The molecule has 1 unspecified atom stereocenters. The minimum atomic E-state index is -4.94. The molecule has 1 aliphatic rings. The highest BCUT2D eigenvalue weighted by Crippen LogP contribution is 2.36. The second-order valence-corrected chi connectivity index (χ2v) is 8.26. The summed E-state index contributed by atoms with van der Waals surface area (Å²) >= 11 is 0. The second-order valence-electron chi connectivity index (χ2n) is 8.26. The fourth-order valence-electron chi connectivity index (χ4n) is 4.26. The third kappa shape index (κ3) is 4.42. The lowest BCUT2D eigenvalue weighted by Crippen LogP contribution is -2.41. The number of aromatic amines is 1. The Morgan fingerprint density at radius 1 is 1.10 bits per heavy atom. The second kappa shape index (κ2) is 8.57. The smallest absolute Gasteiger partial charge is 0.411 e. The molecule has 0 spiro atoms. The van der Waals surface area contributed by atoms with Gasteiger partial charge in [0.2, 0.25) is 0 Å². The molecule has 6 heterocycles. The van der Waals surface area contributed by atoms with Gasteiger partial charge >= 0.3 is 24.5 Å². The first kappa shape index (κ1) is 24.4. The molecular formula is C21H13F6N9O3. The van der Waals surface area contributed by atoms with E-state index in [0.717, 1.165) is 12.1 Å². The fourth-order valence-corrected chi connectivity index (χ4v) is 4.26. The third-order valence-electron chi connectivity index (χ3n) is 5.85. The quantitative estimate of drug-likeness (QED) is 0.335. The van der Waals surface area contributed by atoms with Gasteiger partial charge in [-0.25, -0.2) is 9.50 Å². The minimum Gasteiger partial charge on any atom is -0.411 e. The first-order valence-electron chi connectivity index (χ1n) is 11.0. The molecule has 0 aromatic carbocycles. The molecule has 202 valence electrons. The average Bonchev–Trinajstić information content (AvgIpc) is 3.66. The van der Waals surface area contributed by atoms with Gasteiger partial charge in [-0.1, -0.05) is 0 Å². The molecule has 0 fully saturated rings. The number of hydrogen-bond acceptors (Lipinski definition) is 8. The number of nitrogens with zero attached hydrogens (tertiary/aromatic N) is 8. The molecule has 1 aliphatic heterocycles. The first-order chi connectivity index (χ1) is 18.5. The number of carbonyl (C=O) groups excluding carboxylic acids is 1. The highest BCUT2D eigenvalue weighted by molar-refractivity contribution is 5.90. The highest BCUT2D eigenvalue weighted by atomic mass is 19.4. The molecule has 6 rings (SSSR count). The number of fused-ring (bicyclic) bond motifs is 2. The minimum absolute atomic E-state index is 0.0137. The zero-order valence-corrected chi connectivity index (χ0v) is 19.1. The summed E-state index contributed by atoms with van der Waals surface area (Å²) in [5, 5.41) is 15.0. The van der Waals surface area contributed by atoms with E-state index in [-0.39, 0.29) is 28.1 Å². The number of nitrogens with one attached hydrogen (secondary N) is 1. The SMILES string of the molecule is O=C(c1nnc(-c2ccn(C(F)(F)F)n2)o1)N1CCc2[nH]cnc2C1c1cc2c(OC(F)(F)F)cccn2n1. The van der Waals surface area contributed by atoms with E-state index in [9.17, 15) is 31.1 Å². The van der Waals surface area contributed by atoms with Crippen molar-refractivity contribution in [1.82, 2.24) is 44.5 Å². The largest absolute Gasteiger partial charge is 0.573 e. The van der Waals surface area contributed by atoms with Crippen molar-refractivity contribution in [1.29, 1.82) is 0 Å². The Morgan fingerprint density at radius 3 is 2.67 bits per heavy atom. The van der Waals surface area contributed by atoms with Crippen LogP contribution in [0.5, 0.6) is 5.75 Å². The Hall–Kier alpha value is -4.90. The van der Waals surface area contributed by atoms with Gasteiger partial charge in [-0.2, -0.15) is 14.9 Å². The normalized spacial score (nSPS) is 16.1. The predicted octanol–water partition coefficient (Wildman–Crippen LogP) is 3.47. The van der Waals surface area contributed by atoms with E-state index in [1.54, 1.807) is 0 Å². The van der Waals surface area contributed by atoms with Gasteiger partial charge in [-0.05, 0) is 24.3 Å². The number of alkyl halides is 6. The van der Waals surface area contributed by atoms with Crippen LogP contribution in [0.4, 0.5) is 26.3 Å². The van der Waals surface area contributed by atoms with Gasteiger partial charge in [0.1, 0.15) is 17.3 Å². The van der Waals surface area contributed by atoms with E-state index < -0.39 is 42.1 Å². The van der Waals surface area contributed by atoms with Crippen molar-refractivity contribution in [3.05, 3.63) is 66.0 Å². The van der Waals surface area contributed by atoms with E-state index in [1.165, 1.54) is 34.1 Å². The van der Waals surface area contributed by atoms with Crippen molar-refractivity contribution in [3.63, 3.8) is 0 Å². The van der Waals surface area contributed by atoms with Crippen LogP contribution in [-0.4, -0.2) is 63.3 Å². The van der Waals surface area contributed by atoms with Crippen molar-refractivity contribution < 1.29 is 40.3 Å². The number of hydrogen-bond donors (Lipinski definition) is 1. The molecule has 12 nitrogen and oxygen atoms in total. The lowest BCUT2D eigenvalue weighted by molar-refractivity contribution is -0.274. The number of ether oxygens (including phenoxy) is 1. The van der Waals surface area contributed by atoms with Gasteiger partial charge in [0.15, 0.2) is 5.75 Å². The van der Waals surface area contributed by atoms with Crippen LogP contribution in [0, 0.1) is 0 Å². The number of carbonyl (C=O) groups is 1. The van der Waals surface area contributed by atoms with Crippen LogP contribution in [0.1, 0.15) is 33.8 Å². The van der Waals surface area contributed by atoms with E-state index in [0.29, 0.717) is 24.0 Å². The summed E-state index contributed by atoms with van der Waals surface area (Å²) in [5.41, 5.74) is 0.913. The lowest BCUT2D eigenvalue weighted by atomic mass is 9.99. The van der Waals surface area contributed by atoms with Crippen LogP contribution in [0.2, 0.25) is 0 Å². The Morgan fingerprint density at radius 2 is 1.92 bits per heavy atom. The van der Waals surface area contributed by atoms with Gasteiger partial charge < -0.3 is 19.0 Å². The highest BCUT2D eigenvalue weighted by Gasteiger charge is 2.39. The molecule has 0 radical (unpaired) electrons. The molecule has 0 saturated heterocycles. The number of imidazole rings is 1. The standard InChI is InChI=1S/C21H13F6N9O3/c22-20(23,24)36-7-4-11(33-36)17-30-31-18(38-17)19(37)34-6-3-10-15(29-9-28-10)16(34)12-8-13-14(39-21(25,26)27)2-1-5-35(13)32-12/h1-2,4-5,7-9,16H,3,6H2,(H,28,29). The summed E-state index contributed by atoms with van der Waals surface area (Å²) in [7, 11) is 0. The maximum absolute atomic E-state index is 13.5. The molecule has 5 aromatic heterocycles. The van der Waals surface area contributed by atoms with Crippen LogP contribution in [-0.2, 0) is 12.7 Å². The zero-order chi connectivity index (χ0) is 27.5. The molecule has 0 bridgehead atoms. The van der Waals surface area contributed by atoms with Gasteiger partial charge in [0.25, 0.3) is 5.89 Å². The first-order valence-corrected chi connectivity index (χ1v) is 11.0. The van der Waals surface area contributed by atoms with Crippen LogP contribution in [0.25, 0.3) is 17.1 Å². The molecule has 5 aromatic rings. The van der Waals surface area contributed by atoms with Crippen molar-refractivity contribution in [3.8, 4) is 17.3 Å². The van der Waals surface area contributed by atoms with E-state index in [2.05, 4.69) is 35.1 Å². The molecule has 1 amide bonds. The predicted molar refractivity (Wildman–Crippen MR) is 114 cm³/mol. The van der Waals surface area contributed by atoms with E-state index >= 15 is 0 Å². The number of rotatable bonds is 4. The van der Waals surface area contributed by atoms with Crippen molar-refractivity contribution >= 4 is 11.4 Å².